The molecule has 5 rings (SSSR count). The average molecular weight is 721 g/mol. The average Bonchev–Trinajstić information content (AvgIpc) is 3.15. The Bertz CT molecular complexity index is 1750. The summed E-state index contributed by atoms with van der Waals surface area (Å²) in [5, 5.41) is 9.08. The number of nitrogens with one attached hydrogen (secondary N) is 2. The van der Waals surface area contributed by atoms with Crippen molar-refractivity contribution in [2.45, 2.75) is 49.0 Å². The van der Waals surface area contributed by atoms with Crippen LogP contribution in [0.15, 0.2) is 133 Å². The maximum absolute atomic E-state index is 13.9. The second kappa shape index (κ2) is 17.8. The van der Waals surface area contributed by atoms with Gasteiger partial charge in [0.05, 0.1) is 23.1 Å². The van der Waals surface area contributed by atoms with Gasteiger partial charge in [-0.1, -0.05) is 121 Å². The van der Waals surface area contributed by atoms with Crippen molar-refractivity contribution in [2.24, 2.45) is 5.92 Å². The third-order valence-electron chi connectivity index (χ3n) is 8.68. The summed E-state index contributed by atoms with van der Waals surface area (Å²) >= 11 is 3.34. The summed E-state index contributed by atoms with van der Waals surface area (Å²) in [6, 6.07) is 45.0. The third-order valence-corrected chi connectivity index (χ3v) is 11.3. The van der Waals surface area contributed by atoms with Gasteiger partial charge >= 0.3 is 11.9 Å². The Morgan fingerprint density at radius 2 is 1.24 bits per heavy atom. The first-order chi connectivity index (χ1) is 24.6. The second-order valence-electron chi connectivity index (χ2n) is 13.5. The number of anilines is 1. The van der Waals surface area contributed by atoms with E-state index < -0.39 is 22.3 Å². The van der Waals surface area contributed by atoms with E-state index in [2.05, 4.69) is 95.6 Å². The first-order valence-electron chi connectivity index (χ1n) is 17.3. The van der Waals surface area contributed by atoms with Crippen LogP contribution in [0.5, 0.6) is 0 Å². The van der Waals surface area contributed by atoms with Gasteiger partial charge in [0.25, 0.3) is 0 Å². The topological polar surface area (TPSA) is 76.7 Å². The first-order valence-corrected chi connectivity index (χ1v) is 19.5. The molecule has 51 heavy (non-hydrogen) atoms. The van der Waals surface area contributed by atoms with Crippen molar-refractivity contribution in [3.63, 3.8) is 0 Å². The molecule has 0 amide bonds. The molecule has 0 saturated carbocycles. The number of hydrogen-bond donors (Lipinski definition) is 2. The van der Waals surface area contributed by atoms with E-state index in [-0.39, 0.29) is 17.3 Å². The van der Waals surface area contributed by atoms with Crippen LogP contribution in [0.25, 0.3) is 10.8 Å². The zero-order chi connectivity index (χ0) is 36.3. The molecule has 0 aliphatic rings. The minimum atomic E-state index is -0.645. The number of benzene rings is 5. The quantitative estimate of drug-likeness (QED) is 0.0594. The Morgan fingerprint density at radius 1 is 0.706 bits per heavy atom. The molecule has 0 aliphatic heterocycles. The predicted molar refractivity (Wildman–Crippen MR) is 214 cm³/mol. The van der Waals surface area contributed by atoms with Gasteiger partial charge in [0.1, 0.15) is 11.6 Å². The van der Waals surface area contributed by atoms with Gasteiger partial charge < -0.3 is 20.1 Å². The fraction of sp³-hybridized carbons (Fsp3) is 0.302. The lowest BCUT2D eigenvalue weighted by Crippen LogP contribution is -2.42. The molecule has 0 spiro atoms. The van der Waals surface area contributed by atoms with Crippen LogP contribution in [0.1, 0.15) is 43.9 Å². The molecule has 0 aromatic heterocycles. The van der Waals surface area contributed by atoms with Gasteiger partial charge in [-0.05, 0) is 66.6 Å². The summed E-state index contributed by atoms with van der Waals surface area (Å²) in [4.78, 5) is 27.0. The molecular formula is C43H48N2O4S2. The van der Waals surface area contributed by atoms with Crippen LogP contribution in [0.4, 0.5) is 5.69 Å². The van der Waals surface area contributed by atoms with Gasteiger partial charge in [-0.25, -0.2) is 4.79 Å². The smallest absolute Gasteiger partial charge is 0.328 e. The maximum Gasteiger partial charge on any atom is 0.328 e. The van der Waals surface area contributed by atoms with E-state index in [9.17, 15) is 9.59 Å². The zero-order valence-corrected chi connectivity index (χ0v) is 31.6. The number of methoxy groups -OCH3 is 1. The summed E-state index contributed by atoms with van der Waals surface area (Å²) < 4.78 is 10.7. The standard InChI is InChI=1S/C43H48N2O4S2/c1-42(2,3)49-40(46)33(29-44-39(50-5)28-38(41(47)48-4)45-37-26-25-31-17-15-16-18-32(31)27-37)30-51-43(34-19-9-6-10-20-34,35-21-11-7-12-22-35)36-23-13-8-14-24-36/h6-27,33,38-39,44-45H,28-30H2,1-5H3/t33-,38?,39-/m0/s1. The summed E-state index contributed by atoms with van der Waals surface area (Å²) in [5.41, 5.74) is 3.59. The normalized spacial score (nSPS) is 13.6. The molecule has 0 saturated heterocycles. The SMILES string of the molecule is COC(=O)C(C[C@@H](NC[C@@H](CSC(c1ccccc1)(c1ccccc1)c1ccccc1)C(=O)OC(C)(C)C)SC)Nc1ccc2ccccc2c1. The number of rotatable bonds is 16. The molecule has 0 bridgehead atoms. The summed E-state index contributed by atoms with van der Waals surface area (Å²) in [6.07, 6.45) is 2.45. The lowest BCUT2D eigenvalue weighted by molar-refractivity contribution is -0.159. The molecule has 3 atom stereocenters. The number of esters is 2. The van der Waals surface area contributed by atoms with E-state index in [0.717, 1.165) is 33.2 Å². The van der Waals surface area contributed by atoms with Gasteiger partial charge in [0.15, 0.2) is 0 Å². The monoisotopic (exact) mass is 720 g/mol. The highest BCUT2D eigenvalue weighted by Crippen LogP contribution is 2.49. The van der Waals surface area contributed by atoms with E-state index in [0.29, 0.717) is 18.7 Å². The van der Waals surface area contributed by atoms with Crippen molar-refractivity contribution >= 4 is 51.9 Å². The zero-order valence-electron chi connectivity index (χ0n) is 30.0. The highest BCUT2D eigenvalue weighted by molar-refractivity contribution is 8.00. The van der Waals surface area contributed by atoms with Crippen LogP contribution < -0.4 is 10.6 Å². The number of carbonyl (C=O) groups is 2. The third kappa shape index (κ3) is 9.97. The molecule has 5 aromatic rings. The molecule has 0 heterocycles. The highest BCUT2D eigenvalue weighted by atomic mass is 32.2. The van der Waals surface area contributed by atoms with Crippen LogP contribution >= 0.6 is 23.5 Å². The number of fused-ring (bicyclic) bond motifs is 1. The Balaban J connectivity index is 1.41. The molecule has 2 N–H and O–H groups in total. The van der Waals surface area contributed by atoms with Crippen molar-refractivity contribution < 1.29 is 19.1 Å². The molecule has 5 aromatic carbocycles. The van der Waals surface area contributed by atoms with Crippen molar-refractivity contribution in [1.82, 2.24) is 5.32 Å². The Hall–Kier alpha value is -4.24. The highest BCUT2D eigenvalue weighted by Gasteiger charge is 2.39. The Labute approximate surface area is 311 Å². The van der Waals surface area contributed by atoms with Crippen LogP contribution in [0, 0.1) is 5.92 Å². The molecule has 266 valence electrons. The minimum Gasteiger partial charge on any atom is -0.467 e. The van der Waals surface area contributed by atoms with E-state index in [1.165, 1.54) is 7.11 Å². The molecule has 1 unspecified atom stereocenters. The van der Waals surface area contributed by atoms with Crippen LogP contribution in [-0.2, 0) is 23.8 Å². The molecule has 0 fully saturated rings. The second-order valence-corrected chi connectivity index (χ2v) is 15.7. The predicted octanol–water partition coefficient (Wildman–Crippen LogP) is 9.15. The minimum absolute atomic E-state index is 0.154. The molecular weight excluding hydrogens is 673 g/mol. The molecule has 0 radical (unpaired) electrons. The van der Waals surface area contributed by atoms with Crippen molar-refractivity contribution in [2.75, 3.05) is 31.0 Å². The van der Waals surface area contributed by atoms with E-state index >= 15 is 0 Å². The van der Waals surface area contributed by atoms with Gasteiger partial charge in [0, 0.05) is 24.4 Å². The van der Waals surface area contributed by atoms with Crippen LogP contribution in [0.3, 0.4) is 0 Å². The Morgan fingerprint density at radius 3 is 1.75 bits per heavy atom. The van der Waals surface area contributed by atoms with Crippen LogP contribution in [0.2, 0.25) is 0 Å². The fourth-order valence-corrected chi connectivity index (χ4v) is 8.44. The molecule has 6 nitrogen and oxygen atoms in total. The van der Waals surface area contributed by atoms with E-state index in [1.807, 2.05) is 75.6 Å². The summed E-state index contributed by atoms with van der Waals surface area (Å²) in [7, 11) is 1.41. The Kier molecular flexibility index (Phi) is 13.3. The summed E-state index contributed by atoms with van der Waals surface area (Å²) in [6.45, 7) is 6.06. The van der Waals surface area contributed by atoms with Gasteiger partial charge in [0.2, 0.25) is 0 Å². The molecule has 8 heteroatoms. The van der Waals surface area contributed by atoms with Gasteiger partial charge in [-0.15, -0.1) is 23.5 Å². The lowest BCUT2D eigenvalue weighted by Gasteiger charge is -2.37. The number of carbonyl (C=O) groups excluding carboxylic acids is 2. The van der Waals surface area contributed by atoms with E-state index in [1.54, 1.807) is 23.5 Å². The number of hydrogen-bond acceptors (Lipinski definition) is 8. The number of thioether (sulfide) groups is 2. The van der Waals surface area contributed by atoms with Crippen molar-refractivity contribution in [1.29, 1.82) is 0 Å². The van der Waals surface area contributed by atoms with Crippen molar-refractivity contribution in [3.8, 4) is 0 Å². The van der Waals surface area contributed by atoms with Gasteiger partial charge in [-0.2, -0.15) is 0 Å². The van der Waals surface area contributed by atoms with Gasteiger partial charge in [-0.3, -0.25) is 4.79 Å². The number of ether oxygens (including phenoxy) is 2. The maximum atomic E-state index is 13.9. The van der Waals surface area contributed by atoms with E-state index in [4.69, 9.17) is 9.47 Å². The fourth-order valence-electron chi connectivity index (χ4n) is 6.18. The summed E-state index contributed by atoms with van der Waals surface area (Å²) in [5.74, 6) is -0.604. The first kappa shape index (κ1) is 38.0. The molecule has 0 aliphatic carbocycles. The van der Waals surface area contributed by atoms with Crippen molar-refractivity contribution in [3.05, 3.63) is 150 Å². The lowest BCUT2D eigenvalue weighted by atomic mass is 9.84. The largest absolute Gasteiger partial charge is 0.467 e. The van der Waals surface area contributed by atoms with Crippen LogP contribution in [-0.4, -0.2) is 54.6 Å².